The van der Waals surface area contributed by atoms with E-state index in [0.717, 1.165) is 10.0 Å². The van der Waals surface area contributed by atoms with Crippen LogP contribution < -0.4 is 4.74 Å². The van der Waals surface area contributed by atoms with Gasteiger partial charge in [0.15, 0.2) is 11.6 Å². The molecule has 4 rings (SSSR count). The van der Waals surface area contributed by atoms with Gasteiger partial charge in [0.05, 0.1) is 10.4 Å². The van der Waals surface area contributed by atoms with Gasteiger partial charge < -0.3 is 9.47 Å². The Hall–Kier alpha value is -1.84. The SMILES string of the molecule is C#CCOc1c(Br)cc(Br)cc1C1C2=C(CC(C)(C)CC2=O)OC2=C1C(=O)CC(C)(C)C2. The lowest BCUT2D eigenvalue weighted by atomic mass is 9.65. The molecule has 0 bridgehead atoms. The molecule has 0 radical (unpaired) electrons. The van der Waals surface area contributed by atoms with Gasteiger partial charge in [-0.2, -0.15) is 0 Å². The first kappa shape index (κ1) is 23.3. The Labute approximate surface area is 206 Å². The third-order valence-electron chi connectivity index (χ3n) is 6.23. The van der Waals surface area contributed by atoms with Gasteiger partial charge in [-0.3, -0.25) is 9.59 Å². The third-order valence-corrected chi connectivity index (χ3v) is 7.28. The van der Waals surface area contributed by atoms with Crippen molar-refractivity contribution in [2.75, 3.05) is 6.61 Å². The fourth-order valence-electron chi connectivity index (χ4n) is 5.05. The quantitative estimate of drug-likeness (QED) is 0.389. The van der Waals surface area contributed by atoms with Crippen molar-refractivity contribution in [2.24, 2.45) is 10.8 Å². The van der Waals surface area contributed by atoms with Crippen molar-refractivity contribution in [2.45, 2.75) is 59.3 Å². The number of ketones is 2. The van der Waals surface area contributed by atoms with Crippen molar-refractivity contribution in [3.05, 3.63) is 49.3 Å². The largest absolute Gasteiger partial charge is 0.479 e. The molecule has 2 aliphatic carbocycles. The van der Waals surface area contributed by atoms with Crippen LogP contribution in [0, 0.1) is 23.2 Å². The van der Waals surface area contributed by atoms with E-state index in [9.17, 15) is 9.59 Å². The van der Waals surface area contributed by atoms with Crippen LogP contribution in [0.4, 0.5) is 0 Å². The summed E-state index contributed by atoms with van der Waals surface area (Å²) in [6, 6.07) is 3.79. The molecule has 0 saturated heterocycles. The van der Waals surface area contributed by atoms with Crippen molar-refractivity contribution < 1.29 is 19.1 Å². The molecule has 0 amide bonds. The summed E-state index contributed by atoms with van der Waals surface area (Å²) < 4.78 is 13.8. The number of carbonyl (C=O) groups excluding carboxylic acids is 2. The molecule has 0 spiro atoms. The highest BCUT2D eigenvalue weighted by atomic mass is 79.9. The topological polar surface area (TPSA) is 52.6 Å². The molecule has 1 aromatic carbocycles. The second kappa shape index (κ2) is 8.18. The number of Topliss-reactive ketones (excluding diaryl/α,β-unsaturated/α-hetero) is 2. The zero-order chi connectivity index (χ0) is 23.4. The van der Waals surface area contributed by atoms with E-state index < -0.39 is 5.92 Å². The average molecular weight is 562 g/mol. The first-order valence-electron chi connectivity index (χ1n) is 10.7. The Kier molecular flexibility index (Phi) is 5.96. The van der Waals surface area contributed by atoms with Crippen LogP contribution in [-0.4, -0.2) is 18.2 Å². The summed E-state index contributed by atoms with van der Waals surface area (Å²) in [7, 11) is 0. The number of halogens is 2. The van der Waals surface area contributed by atoms with Gasteiger partial charge in [0.1, 0.15) is 23.9 Å². The van der Waals surface area contributed by atoms with E-state index in [1.54, 1.807) is 0 Å². The first-order chi connectivity index (χ1) is 14.9. The summed E-state index contributed by atoms with van der Waals surface area (Å²) in [5.41, 5.74) is 1.49. The van der Waals surface area contributed by atoms with Crippen molar-refractivity contribution in [3.8, 4) is 18.1 Å². The minimum absolute atomic E-state index is 0.0180. The number of carbonyl (C=O) groups is 2. The van der Waals surface area contributed by atoms with Crippen molar-refractivity contribution in [3.63, 3.8) is 0 Å². The molecule has 0 aromatic heterocycles. The van der Waals surface area contributed by atoms with Crippen LogP contribution >= 0.6 is 31.9 Å². The Morgan fingerprint density at radius 1 is 1.00 bits per heavy atom. The van der Waals surface area contributed by atoms with Gasteiger partial charge in [-0.15, -0.1) is 6.42 Å². The van der Waals surface area contributed by atoms with Crippen LogP contribution in [0.3, 0.4) is 0 Å². The van der Waals surface area contributed by atoms with Gasteiger partial charge in [0, 0.05) is 46.9 Å². The summed E-state index contributed by atoms with van der Waals surface area (Å²) in [5.74, 6) is 3.91. The van der Waals surface area contributed by atoms with Gasteiger partial charge in [0.25, 0.3) is 0 Å². The van der Waals surface area contributed by atoms with E-state index >= 15 is 0 Å². The molecule has 4 nitrogen and oxygen atoms in total. The maximum atomic E-state index is 13.5. The molecular weight excluding hydrogens is 536 g/mol. The minimum Gasteiger partial charge on any atom is -0.479 e. The van der Waals surface area contributed by atoms with Crippen LogP contribution in [0.15, 0.2) is 43.7 Å². The highest BCUT2D eigenvalue weighted by Gasteiger charge is 2.48. The highest BCUT2D eigenvalue weighted by Crippen LogP contribution is 2.55. The number of hydrogen-bond acceptors (Lipinski definition) is 4. The molecule has 0 fully saturated rings. The number of benzene rings is 1. The number of hydrogen-bond donors (Lipinski definition) is 0. The summed E-state index contributed by atoms with van der Waals surface area (Å²) >= 11 is 7.15. The zero-order valence-corrected chi connectivity index (χ0v) is 21.9. The summed E-state index contributed by atoms with van der Waals surface area (Å²) in [6.07, 6.45) is 7.56. The molecule has 0 saturated carbocycles. The molecule has 1 heterocycles. The Morgan fingerprint density at radius 3 is 2.03 bits per heavy atom. The van der Waals surface area contributed by atoms with E-state index in [1.807, 2.05) is 12.1 Å². The second-order valence-corrected chi connectivity index (χ2v) is 12.2. The van der Waals surface area contributed by atoms with E-state index in [2.05, 4.69) is 65.5 Å². The van der Waals surface area contributed by atoms with E-state index in [-0.39, 0.29) is 29.0 Å². The van der Waals surface area contributed by atoms with Gasteiger partial charge in [-0.25, -0.2) is 0 Å². The zero-order valence-electron chi connectivity index (χ0n) is 18.7. The average Bonchev–Trinajstić information content (AvgIpc) is 2.63. The van der Waals surface area contributed by atoms with Crippen LogP contribution in [0.1, 0.15) is 64.9 Å². The van der Waals surface area contributed by atoms with Crippen LogP contribution in [0.25, 0.3) is 0 Å². The van der Waals surface area contributed by atoms with E-state index in [4.69, 9.17) is 15.9 Å². The Morgan fingerprint density at radius 2 is 1.53 bits per heavy atom. The molecule has 0 unspecified atom stereocenters. The van der Waals surface area contributed by atoms with Gasteiger partial charge in [-0.05, 0) is 38.9 Å². The van der Waals surface area contributed by atoms with Crippen molar-refractivity contribution in [1.82, 2.24) is 0 Å². The van der Waals surface area contributed by atoms with Gasteiger partial charge in [-0.1, -0.05) is 49.5 Å². The molecule has 3 aliphatic rings. The predicted molar refractivity (Wildman–Crippen MR) is 130 cm³/mol. The number of allylic oxidation sites excluding steroid dienone is 4. The van der Waals surface area contributed by atoms with Gasteiger partial charge >= 0.3 is 0 Å². The summed E-state index contributed by atoms with van der Waals surface area (Å²) in [5, 5.41) is 0. The molecule has 0 N–H and O–H groups in total. The molecule has 1 aliphatic heterocycles. The monoisotopic (exact) mass is 560 g/mol. The van der Waals surface area contributed by atoms with Gasteiger partial charge in [0.2, 0.25) is 0 Å². The standard InChI is InChI=1S/C26H26Br2O4/c1-6-7-31-24-15(8-14(27)9-16(24)28)21-22-17(29)10-25(2,3)12-19(22)32-20-13-26(4,5)11-18(30)23(20)21/h1,8-9,21H,7,10-13H2,2-5H3. The molecule has 32 heavy (non-hydrogen) atoms. The molecule has 0 atom stereocenters. The normalized spacial score (nSPS) is 22.2. The lowest BCUT2D eigenvalue weighted by Crippen LogP contribution is -2.37. The Balaban J connectivity index is 1.99. The minimum atomic E-state index is -0.539. The molecular formula is C26H26Br2O4. The van der Waals surface area contributed by atoms with Crippen LogP contribution in [0.2, 0.25) is 0 Å². The number of rotatable bonds is 3. The smallest absolute Gasteiger partial charge is 0.163 e. The maximum absolute atomic E-state index is 13.5. The maximum Gasteiger partial charge on any atom is 0.163 e. The highest BCUT2D eigenvalue weighted by molar-refractivity contribution is 9.11. The third kappa shape index (κ3) is 4.22. The van der Waals surface area contributed by atoms with Crippen LogP contribution in [-0.2, 0) is 14.3 Å². The molecule has 1 aromatic rings. The fourth-order valence-corrected chi connectivity index (χ4v) is 6.42. The molecule has 168 valence electrons. The summed E-state index contributed by atoms with van der Waals surface area (Å²) in [6.45, 7) is 8.37. The Bertz CT molecular complexity index is 1080. The van der Waals surface area contributed by atoms with E-state index in [1.165, 1.54) is 0 Å². The lowest BCUT2D eigenvalue weighted by Gasteiger charge is -2.43. The number of ether oxygens (including phenoxy) is 2. The summed E-state index contributed by atoms with van der Waals surface area (Å²) in [4.78, 5) is 26.9. The van der Waals surface area contributed by atoms with Crippen molar-refractivity contribution >= 4 is 43.4 Å². The van der Waals surface area contributed by atoms with E-state index in [0.29, 0.717) is 58.6 Å². The van der Waals surface area contributed by atoms with Crippen molar-refractivity contribution in [1.29, 1.82) is 0 Å². The first-order valence-corrected chi connectivity index (χ1v) is 12.3. The van der Waals surface area contributed by atoms with Crippen LogP contribution in [0.5, 0.6) is 5.75 Å². The fraction of sp³-hybridized carbons (Fsp3) is 0.462. The predicted octanol–water partition coefficient (Wildman–Crippen LogP) is 6.62. The lowest BCUT2D eigenvalue weighted by molar-refractivity contribution is -0.120. The molecule has 6 heteroatoms. The number of terminal acetylenes is 1. The second-order valence-electron chi connectivity index (χ2n) is 10.4.